The number of rotatable bonds is 11. The van der Waals surface area contributed by atoms with E-state index in [2.05, 4.69) is 10.6 Å². The van der Waals surface area contributed by atoms with Gasteiger partial charge in [0.05, 0.1) is 24.5 Å². The van der Waals surface area contributed by atoms with Gasteiger partial charge in [-0.1, -0.05) is 42.5 Å². The van der Waals surface area contributed by atoms with Crippen molar-refractivity contribution in [3.8, 4) is 10.6 Å². The van der Waals surface area contributed by atoms with Crippen LogP contribution in [-0.2, 0) is 32.7 Å². The molecule has 4 N–H and O–H groups in total. The summed E-state index contributed by atoms with van der Waals surface area (Å²) >= 11 is 3.02. The Labute approximate surface area is 234 Å². The van der Waals surface area contributed by atoms with Gasteiger partial charge in [0, 0.05) is 22.7 Å². The fourth-order valence-corrected chi connectivity index (χ4v) is 5.84. The number of alkyl carbamates (subject to hydrolysis) is 1. The predicted molar refractivity (Wildman–Crippen MR) is 151 cm³/mol. The van der Waals surface area contributed by atoms with Gasteiger partial charge in [0.1, 0.15) is 11.0 Å². The van der Waals surface area contributed by atoms with Crippen LogP contribution in [0.5, 0.6) is 0 Å². The largest absolute Gasteiger partial charge is 0.453 e. The highest BCUT2D eigenvalue weighted by atomic mass is 32.2. The molecule has 0 aliphatic heterocycles. The molecule has 4 aromatic rings. The van der Waals surface area contributed by atoms with Gasteiger partial charge in [-0.05, 0) is 41.1 Å². The first-order valence-electron chi connectivity index (χ1n) is 11.7. The Hall–Kier alpha value is -3.78. The van der Waals surface area contributed by atoms with Gasteiger partial charge >= 0.3 is 16.4 Å². The number of thiophene rings is 1. The maximum absolute atomic E-state index is 13.5. The summed E-state index contributed by atoms with van der Waals surface area (Å²) in [7, 11) is -3.16. The smallest absolute Gasteiger partial charge is 0.407 e. The Bertz CT molecular complexity index is 1490. The molecule has 2 aromatic heterocycles. The minimum Gasteiger partial charge on any atom is -0.453 e. The van der Waals surface area contributed by atoms with Crippen molar-refractivity contribution in [3.63, 3.8) is 0 Å². The van der Waals surface area contributed by atoms with Crippen molar-refractivity contribution in [1.29, 1.82) is 0 Å². The monoisotopic (exact) mass is 586 g/mol. The van der Waals surface area contributed by atoms with E-state index in [9.17, 15) is 18.0 Å². The maximum atomic E-state index is 13.5. The number of ether oxygens (including phenoxy) is 1. The zero-order valence-corrected chi connectivity index (χ0v) is 23.2. The highest BCUT2D eigenvalue weighted by Crippen LogP contribution is 2.29. The second kappa shape index (κ2) is 12.8. The maximum Gasteiger partial charge on any atom is 0.407 e. The van der Waals surface area contributed by atoms with Crippen molar-refractivity contribution in [2.45, 2.75) is 24.9 Å². The summed E-state index contributed by atoms with van der Waals surface area (Å²) in [5.41, 5.74) is 3.47. The lowest BCUT2D eigenvalue weighted by Crippen LogP contribution is -2.49. The third-order valence-electron chi connectivity index (χ3n) is 5.68. The molecule has 0 saturated carbocycles. The Kier molecular flexibility index (Phi) is 9.30. The van der Waals surface area contributed by atoms with E-state index in [1.165, 1.54) is 30.6 Å². The van der Waals surface area contributed by atoms with Crippen LogP contribution in [0.3, 0.4) is 0 Å². The van der Waals surface area contributed by atoms with Crippen LogP contribution >= 0.6 is 22.7 Å². The molecule has 2 heterocycles. The SMILES string of the molecule is COC(=O)N[C@@H](Cc1ccccc1)C(=O)N[C@@H](Cc1ccc(NS(=O)(=O)O)cc1)c1csc(-c2ccsc2)n1. The molecule has 0 bridgehead atoms. The number of methoxy groups -OCH3 is 1. The number of hydrogen-bond donors (Lipinski definition) is 4. The first-order chi connectivity index (χ1) is 18.7. The lowest BCUT2D eigenvalue weighted by Gasteiger charge is -2.23. The van der Waals surface area contributed by atoms with Crippen LogP contribution in [0, 0.1) is 0 Å². The van der Waals surface area contributed by atoms with Gasteiger partial charge in [0.2, 0.25) is 5.91 Å². The van der Waals surface area contributed by atoms with Crippen LogP contribution in [0.25, 0.3) is 10.6 Å². The summed E-state index contributed by atoms with van der Waals surface area (Å²) in [6, 6.07) is 16.2. The molecule has 2 amide bonds. The van der Waals surface area contributed by atoms with E-state index in [1.54, 1.807) is 23.5 Å². The molecule has 2 atom stereocenters. The minimum absolute atomic E-state index is 0.195. The van der Waals surface area contributed by atoms with Crippen molar-refractivity contribution >= 4 is 50.7 Å². The lowest BCUT2D eigenvalue weighted by molar-refractivity contribution is -0.123. The molecule has 204 valence electrons. The molecule has 0 aliphatic rings. The summed E-state index contributed by atoms with van der Waals surface area (Å²) in [5.74, 6) is -0.413. The van der Waals surface area contributed by atoms with Gasteiger partial charge in [-0.2, -0.15) is 19.8 Å². The molecule has 10 nitrogen and oxygen atoms in total. The fourth-order valence-electron chi connectivity index (χ4n) is 3.82. The number of benzene rings is 2. The molecule has 4 rings (SSSR count). The zero-order chi connectivity index (χ0) is 27.8. The Balaban J connectivity index is 1.59. The molecule has 0 fully saturated rings. The molecule has 13 heteroatoms. The van der Waals surface area contributed by atoms with Gasteiger partial charge < -0.3 is 15.4 Å². The van der Waals surface area contributed by atoms with Crippen molar-refractivity contribution in [2.24, 2.45) is 0 Å². The van der Waals surface area contributed by atoms with Gasteiger partial charge in [-0.25, -0.2) is 9.78 Å². The lowest BCUT2D eigenvalue weighted by atomic mass is 10.0. The van der Waals surface area contributed by atoms with Crippen molar-refractivity contribution in [2.75, 3.05) is 11.8 Å². The Morgan fingerprint density at radius 1 is 0.974 bits per heavy atom. The van der Waals surface area contributed by atoms with E-state index in [-0.39, 0.29) is 12.1 Å². The number of carbonyl (C=O) groups is 2. The van der Waals surface area contributed by atoms with Gasteiger partial charge in [0.25, 0.3) is 0 Å². The molecule has 0 radical (unpaired) electrons. The van der Waals surface area contributed by atoms with Crippen LogP contribution in [-0.4, -0.2) is 43.1 Å². The number of aromatic nitrogens is 1. The summed E-state index contributed by atoms with van der Waals surface area (Å²) in [6.45, 7) is 0. The van der Waals surface area contributed by atoms with Crippen LogP contribution < -0.4 is 15.4 Å². The average Bonchev–Trinajstić information content (AvgIpc) is 3.61. The van der Waals surface area contributed by atoms with E-state index >= 15 is 0 Å². The molecule has 0 saturated heterocycles. The Morgan fingerprint density at radius 2 is 1.69 bits per heavy atom. The number of nitrogens with zero attached hydrogens (tertiary/aromatic N) is 1. The number of thiazole rings is 1. The number of amides is 2. The molecule has 0 unspecified atom stereocenters. The quantitative estimate of drug-likeness (QED) is 0.190. The fraction of sp³-hybridized carbons (Fsp3) is 0.192. The normalized spacial score (nSPS) is 12.8. The topological polar surface area (TPSA) is 147 Å². The van der Waals surface area contributed by atoms with Gasteiger partial charge in [0.15, 0.2) is 0 Å². The standard InChI is InChI=1S/C26H26N4O6S3/c1-36-26(32)29-22(14-17-5-3-2-4-6-17)24(31)27-21(23-16-38-25(28-23)19-11-12-37-15-19)13-18-7-9-20(10-8-18)30-39(33,34)35/h2-12,15-16,21-22,30H,13-14H2,1H3,(H,27,31)(H,29,32)(H,33,34,35)/t21-,22-/m0/s1. The van der Waals surface area contributed by atoms with E-state index in [1.807, 2.05) is 57.3 Å². The average molecular weight is 587 g/mol. The molecule has 0 spiro atoms. The zero-order valence-electron chi connectivity index (χ0n) is 20.7. The molecular formula is C26H26N4O6S3. The molecular weight excluding hydrogens is 561 g/mol. The summed E-state index contributed by atoms with van der Waals surface area (Å²) < 4.78 is 38.0. The third-order valence-corrected chi connectivity index (χ3v) is 7.77. The van der Waals surface area contributed by atoms with E-state index in [0.29, 0.717) is 12.1 Å². The Morgan fingerprint density at radius 3 is 2.33 bits per heavy atom. The highest BCUT2D eigenvalue weighted by molar-refractivity contribution is 7.87. The molecule has 39 heavy (non-hydrogen) atoms. The number of carbonyl (C=O) groups excluding carboxylic acids is 2. The van der Waals surface area contributed by atoms with Crippen LogP contribution in [0.1, 0.15) is 22.9 Å². The van der Waals surface area contributed by atoms with E-state index in [4.69, 9.17) is 14.3 Å². The summed E-state index contributed by atoms with van der Waals surface area (Å²) in [4.78, 5) is 30.3. The highest BCUT2D eigenvalue weighted by Gasteiger charge is 2.26. The van der Waals surface area contributed by atoms with E-state index in [0.717, 1.165) is 21.7 Å². The third kappa shape index (κ3) is 8.35. The predicted octanol–water partition coefficient (Wildman–Crippen LogP) is 4.45. The van der Waals surface area contributed by atoms with Crippen LogP contribution in [0.15, 0.2) is 76.8 Å². The first kappa shape index (κ1) is 28.2. The summed E-state index contributed by atoms with van der Waals surface area (Å²) in [5, 5.41) is 12.3. The van der Waals surface area contributed by atoms with Gasteiger partial charge in [-0.15, -0.1) is 11.3 Å². The van der Waals surface area contributed by atoms with Crippen molar-refractivity contribution in [3.05, 3.63) is 93.6 Å². The number of hydrogen-bond acceptors (Lipinski definition) is 8. The van der Waals surface area contributed by atoms with Gasteiger partial charge in [-0.3, -0.25) is 14.1 Å². The molecule has 0 aliphatic carbocycles. The van der Waals surface area contributed by atoms with Crippen LogP contribution in [0.4, 0.5) is 10.5 Å². The minimum atomic E-state index is -4.40. The second-order valence-corrected chi connectivity index (χ2v) is 11.3. The van der Waals surface area contributed by atoms with Crippen molar-refractivity contribution < 1.29 is 27.3 Å². The first-order valence-corrected chi connectivity index (χ1v) is 15.0. The number of anilines is 1. The number of nitrogens with one attached hydrogen (secondary N) is 3. The summed E-state index contributed by atoms with van der Waals surface area (Å²) in [6.07, 6.45) is -0.138. The second-order valence-electron chi connectivity index (χ2n) is 8.51. The molecule has 2 aromatic carbocycles. The van der Waals surface area contributed by atoms with Crippen LogP contribution in [0.2, 0.25) is 0 Å². The van der Waals surface area contributed by atoms with E-state index < -0.39 is 34.4 Å². The van der Waals surface area contributed by atoms with Crippen molar-refractivity contribution in [1.82, 2.24) is 15.6 Å².